The molecule has 2 heterocycles. The highest BCUT2D eigenvalue weighted by Gasteiger charge is 2.08. The number of benzene rings is 1. The van der Waals surface area contributed by atoms with Crippen molar-refractivity contribution in [2.75, 3.05) is 19.5 Å². The summed E-state index contributed by atoms with van der Waals surface area (Å²) in [6.45, 7) is 0.622. The van der Waals surface area contributed by atoms with E-state index in [9.17, 15) is 0 Å². The Balaban J connectivity index is 1.83. The quantitative estimate of drug-likeness (QED) is 0.783. The fraction of sp³-hybridized carbons (Fsp3) is 0.200. The highest BCUT2D eigenvalue weighted by Crippen LogP contribution is 2.28. The summed E-state index contributed by atoms with van der Waals surface area (Å²) in [5.74, 6) is 2.41. The van der Waals surface area contributed by atoms with Crippen molar-refractivity contribution in [2.45, 2.75) is 6.54 Å². The first-order valence-corrected chi connectivity index (χ1v) is 7.32. The SMILES string of the molecule is COc1ccc(CNc2ncnc3ccsc23)c(OC)c1. The van der Waals surface area contributed by atoms with Gasteiger partial charge in [0.25, 0.3) is 0 Å². The molecule has 3 rings (SSSR count). The van der Waals surface area contributed by atoms with E-state index >= 15 is 0 Å². The van der Waals surface area contributed by atoms with Crippen molar-refractivity contribution in [3.8, 4) is 11.5 Å². The van der Waals surface area contributed by atoms with Crippen LogP contribution in [0.4, 0.5) is 5.82 Å². The molecule has 0 aliphatic carbocycles. The Hall–Kier alpha value is -2.34. The van der Waals surface area contributed by atoms with Crippen molar-refractivity contribution in [1.82, 2.24) is 9.97 Å². The van der Waals surface area contributed by atoms with Crippen LogP contribution in [0, 0.1) is 0 Å². The highest BCUT2D eigenvalue weighted by atomic mass is 32.1. The third-order valence-electron chi connectivity index (χ3n) is 3.18. The summed E-state index contributed by atoms with van der Waals surface area (Å²) in [4.78, 5) is 8.54. The molecule has 0 unspecified atom stereocenters. The van der Waals surface area contributed by atoms with Crippen LogP contribution in [-0.4, -0.2) is 24.2 Å². The van der Waals surface area contributed by atoms with Crippen molar-refractivity contribution in [3.05, 3.63) is 41.5 Å². The van der Waals surface area contributed by atoms with Gasteiger partial charge in [-0.1, -0.05) is 0 Å². The number of ether oxygens (including phenoxy) is 2. The Morgan fingerprint density at radius 1 is 1.14 bits per heavy atom. The van der Waals surface area contributed by atoms with Gasteiger partial charge in [0.2, 0.25) is 0 Å². The van der Waals surface area contributed by atoms with Gasteiger partial charge in [0.05, 0.1) is 24.4 Å². The number of anilines is 1. The smallest absolute Gasteiger partial charge is 0.147 e. The molecule has 0 radical (unpaired) electrons. The highest BCUT2D eigenvalue weighted by molar-refractivity contribution is 7.17. The molecule has 0 atom stereocenters. The fourth-order valence-electron chi connectivity index (χ4n) is 2.09. The van der Waals surface area contributed by atoms with E-state index in [1.165, 1.54) is 0 Å². The molecular formula is C15H15N3O2S. The number of thiophene rings is 1. The zero-order chi connectivity index (χ0) is 14.7. The van der Waals surface area contributed by atoms with Crippen molar-refractivity contribution in [2.24, 2.45) is 0 Å². The monoisotopic (exact) mass is 301 g/mol. The lowest BCUT2D eigenvalue weighted by atomic mass is 10.2. The van der Waals surface area contributed by atoms with Gasteiger partial charge in [-0.2, -0.15) is 0 Å². The zero-order valence-corrected chi connectivity index (χ0v) is 12.6. The summed E-state index contributed by atoms with van der Waals surface area (Å²) in [5.41, 5.74) is 2.00. The van der Waals surface area contributed by atoms with E-state index in [0.29, 0.717) is 6.54 Å². The largest absolute Gasteiger partial charge is 0.497 e. The van der Waals surface area contributed by atoms with E-state index in [0.717, 1.165) is 33.1 Å². The number of nitrogens with one attached hydrogen (secondary N) is 1. The normalized spacial score (nSPS) is 10.6. The van der Waals surface area contributed by atoms with E-state index in [1.807, 2.05) is 29.6 Å². The van der Waals surface area contributed by atoms with E-state index in [-0.39, 0.29) is 0 Å². The number of rotatable bonds is 5. The molecule has 0 aliphatic rings. The Morgan fingerprint density at radius 3 is 2.86 bits per heavy atom. The second kappa shape index (κ2) is 5.97. The van der Waals surface area contributed by atoms with Crippen LogP contribution in [0.5, 0.6) is 11.5 Å². The van der Waals surface area contributed by atoms with Gasteiger partial charge in [0, 0.05) is 18.2 Å². The van der Waals surface area contributed by atoms with Crippen LogP contribution in [0.1, 0.15) is 5.56 Å². The molecule has 0 amide bonds. The van der Waals surface area contributed by atoms with Gasteiger partial charge in [-0.15, -0.1) is 11.3 Å². The average molecular weight is 301 g/mol. The molecule has 21 heavy (non-hydrogen) atoms. The molecule has 5 nitrogen and oxygen atoms in total. The molecule has 0 spiro atoms. The van der Waals surface area contributed by atoms with E-state index < -0.39 is 0 Å². The van der Waals surface area contributed by atoms with Gasteiger partial charge < -0.3 is 14.8 Å². The standard InChI is InChI=1S/C15H15N3O2S/c1-19-11-4-3-10(13(7-11)20-2)8-16-15-14-12(5-6-21-14)17-9-18-15/h3-7,9H,8H2,1-2H3,(H,16,17,18). The minimum absolute atomic E-state index is 0.622. The zero-order valence-electron chi connectivity index (χ0n) is 11.8. The number of hydrogen-bond donors (Lipinski definition) is 1. The molecule has 3 aromatic rings. The molecule has 0 saturated carbocycles. The van der Waals surface area contributed by atoms with Crippen LogP contribution in [0.25, 0.3) is 10.2 Å². The van der Waals surface area contributed by atoms with E-state index in [2.05, 4.69) is 15.3 Å². The first-order valence-electron chi connectivity index (χ1n) is 6.45. The van der Waals surface area contributed by atoms with Crippen molar-refractivity contribution >= 4 is 27.4 Å². The van der Waals surface area contributed by atoms with Gasteiger partial charge in [0.15, 0.2) is 0 Å². The lowest BCUT2D eigenvalue weighted by molar-refractivity contribution is 0.391. The number of fused-ring (bicyclic) bond motifs is 1. The van der Waals surface area contributed by atoms with Crippen LogP contribution >= 0.6 is 11.3 Å². The summed E-state index contributed by atoms with van der Waals surface area (Å²) in [7, 11) is 3.29. The third-order valence-corrected chi connectivity index (χ3v) is 4.09. The van der Waals surface area contributed by atoms with E-state index in [1.54, 1.807) is 31.9 Å². The van der Waals surface area contributed by atoms with Gasteiger partial charge >= 0.3 is 0 Å². The molecule has 108 valence electrons. The maximum absolute atomic E-state index is 5.40. The third kappa shape index (κ3) is 2.75. The van der Waals surface area contributed by atoms with Crippen LogP contribution < -0.4 is 14.8 Å². The van der Waals surface area contributed by atoms with Crippen LogP contribution in [0.2, 0.25) is 0 Å². The number of nitrogens with zero attached hydrogens (tertiary/aromatic N) is 2. The lowest BCUT2D eigenvalue weighted by Crippen LogP contribution is -2.03. The Labute approximate surface area is 126 Å². The topological polar surface area (TPSA) is 56.3 Å². The number of hydrogen-bond acceptors (Lipinski definition) is 6. The summed E-state index contributed by atoms with van der Waals surface area (Å²) in [6.07, 6.45) is 1.57. The molecule has 1 aromatic carbocycles. The van der Waals surface area contributed by atoms with Crippen LogP contribution in [-0.2, 0) is 6.54 Å². The molecule has 6 heteroatoms. The van der Waals surface area contributed by atoms with Gasteiger partial charge in [-0.25, -0.2) is 9.97 Å². The van der Waals surface area contributed by atoms with Crippen molar-refractivity contribution in [3.63, 3.8) is 0 Å². The molecular weight excluding hydrogens is 286 g/mol. The average Bonchev–Trinajstić information content (AvgIpc) is 3.01. The molecule has 0 aliphatic heterocycles. The van der Waals surface area contributed by atoms with Crippen molar-refractivity contribution < 1.29 is 9.47 Å². The number of methoxy groups -OCH3 is 2. The second-order valence-corrected chi connectivity index (χ2v) is 5.30. The lowest BCUT2D eigenvalue weighted by Gasteiger charge is -2.11. The summed E-state index contributed by atoms with van der Waals surface area (Å²) < 4.78 is 11.7. The molecule has 0 fully saturated rings. The number of aromatic nitrogens is 2. The Kier molecular flexibility index (Phi) is 3.87. The van der Waals surface area contributed by atoms with Crippen LogP contribution in [0.15, 0.2) is 36.0 Å². The predicted molar refractivity (Wildman–Crippen MR) is 84.3 cm³/mol. The van der Waals surface area contributed by atoms with Gasteiger partial charge in [0.1, 0.15) is 23.6 Å². The summed E-state index contributed by atoms with van der Waals surface area (Å²) in [6, 6.07) is 7.76. The minimum atomic E-state index is 0.622. The molecule has 0 saturated heterocycles. The van der Waals surface area contributed by atoms with Crippen LogP contribution in [0.3, 0.4) is 0 Å². The summed E-state index contributed by atoms with van der Waals surface area (Å²) >= 11 is 1.63. The molecule has 0 bridgehead atoms. The maximum Gasteiger partial charge on any atom is 0.147 e. The molecule has 2 aromatic heterocycles. The first-order chi connectivity index (χ1) is 10.3. The fourth-order valence-corrected chi connectivity index (χ4v) is 2.90. The minimum Gasteiger partial charge on any atom is -0.497 e. The molecule has 1 N–H and O–H groups in total. The van der Waals surface area contributed by atoms with Crippen molar-refractivity contribution in [1.29, 1.82) is 0 Å². The maximum atomic E-state index is 5.40. The van der Waals surface area contributed by atoms with E-state index in [4.69, 9.17) is 9.47 Å². The van der Waals surface area contributed by atoms with Gasteiger partial charge in [-0.05, 0) is 23.6 Å². The summed E-state index contributed by atoms with van der Waals surface area (Å²) in [5, 5.41) is 5.35. The first kappa shape index (κ1) is 13.6. The second-order valence-electron chi connectivity index (χ2n) is 4.39. The predicted octanol–water partition coefficient (Wildman–Crippen LogP) is 3.32. The Morgan fingerprint density at radius 2 is 2.05 bits per heavy atom. The Bertz CT molecular complexity index is 758. The van der Waals surface area contributed by atoms with Gasteiger partial charge in [-0.3, -0.25) is 0 Å².